The van der Waals surface area contributed by atoms with Crippen molar-refractivity contribution in [3.8, 4) is 5.75 Å². The van der Waals surface area contributed by atoms with E-state index in [1.54, 1.807) is 25.1 Å². The fourth-order valence-electron chi connectivity index (χ4n) is 6.44. The van der Waals surface area contributed by atoms with Gasteiger partial charge in [0.1, 0.15) is 28.1 Å². The number of para-hydroxylation sites is 1. The van der Waals surface area contributed by atoms with Gasteiger partial charge in [-0.15, -0.1) is 11.6 Å². The number of carbonyl (C=O) groups is 3. The predicted octanol–water partition coefficient (Wildman–Crippen LogP) is 3.36. The van der Waals surface area contributed by atoms with E-state index in [0.29, 0.717) is 24.8 Å². The first-order chi connectivity index (χ1) is 17.0. The van der Waals surface area contributed by atoms with Crippen molar-refractivity contribution in [3.63, 3.8) is 0 Å². The molecular weight excluding hydrogens is 488 g/mol. The molecule has 4 bridgehead atoms. The van der Waals surface area contributed by atoms with Crippen LogP contribution in [0.5, 0.6) is 5.75 Å². The molecule has 8 nitrogen and oxygen atoms in total. The van der Waals surface area contributed by atoms with Crippen molar-refractivity contribution >= 4 is 29.3 Å². The molecule has 2 N–H and O–H groups in total. The van der Waals surface area contributed by atoms with Crippen LogP contribution in [0.1, 0.15) is 43.0 Å². The van der Waals surface area contributed by atoms with Gasteiger partial charge in [0.15, 0.2) is 16.8 Å². The molecular formula is C27H27ClO8. The van der Waals surface area contributed by atoms with E-state index in [2.05, 4.69) is 0 Å². The third-order valence-electron chi connectivity index (χ3n) is 8.07. The number of phenolic OH excluding ortho intramolecular Hbond substituents is 1. The highest BCUT2D eigenvalue weighted by molar-refractivity contribution is 6.34. The number of Topliss-reactive ketones (excluding diaryl/α,β-unsaturated/α-hetero) is 1. The van der Waals surface area contributed by atoms with Crippen molar-refractivity contribution in [2.45, 2.75) is 49.2 Å². The van der Waals surface area contributed by atoms with Crippen LogP contribution in [0.3, 0.4) is 0 Å². The van der Waals surface area contributed by atoms with E-state index in [4.69, 9.17) is 25.8 Å². The number of aliphatic hydroxyl groups is 1. The molecule has 0 radical (unpaired) electrons. The minimum atomic E-state index is -2.33. The summed E-state index contributed by atoms with van der Waals surface area (Å²) in [6.45, 7) is 1.76. The minimum Gasteiger partial charge on any atom is -0.507 e. The van der Waals surface area contributed by atoms with Crippen LogP contribution in [0.2, 0.25) is 0 Å². The summed E-state index contributed by atoms with van der Waals surface area (Å²) < 4.78 is 16.3. The number of carbonyl (C=O) groups excluding carboxylic acids is 3. The smallest absolute Gasteiger partial charge is 0.342 e. The highest BCUT2D eigenvalue weighted by atomic mass is 35.5. The van der Waals surface area contributed by atoms with Gasteiger partial charge >= 0.3 is 11.9 Å². The van der Waals surface area contributed by atoms with Crippen LogP contribution in [0.15, 0.2) is 59.4 Å². The Morgan fingerprint density at radius 2 is 1.89 bits per heavy atom. The van der Waals surface area contributed by atoms with E-state index >= 15 is 0 Å². The molecule has 1 aromatic rings. The van der Waals surface area contributed by atoms with Crippen molar-refractivity contribution in [3.05, 3.63) is 65.0 Å². The highest BCUT2D eigenvalue weighted by Crippen LogP contribution is 2.72. The van der Waals surface area contributed by atoms with Gasteiger partial charge in [-0.2, -0.15) is 0 Å². The Morgan fingerprint density at radius 3 is 2.56 bits per heavy atom. The van der Waals surface area contributed by atoms with Crippen LogP contribution < -0.4 is 0 Å². The largest absolute Gasteiger partial charge is 0.507 e. The lowest BCUT2D eigenvalue weighted by molar-refractivity contribution is -0.174. The first-order valence-electron chi connectivity index (χ1n) is 11.7. The van der Waals surface area contributed by atoms with Gasteiger partial charge in [-0.1, -0.05) is 31.2 Å². The molecule has 36 heavy (non-hydrogen) atoms. The summed E-state index contributed by atoms with van der Waals surface area (Å²) in [6.07, 6.45) is 5.86. The van der Waals surface area contributed by atoms with Crippen molar-refractivity contribution in [1.82, 2.24) is 0 Å². The second kappa shape index (κ2) is 7.95. The molecule has 0 amide bonds. The van der Waals surface area contributed by atoms with Crippen molar-refractivity contribution in [2.24, 2.45) is 10.8 Å². The summed E-state index contributed by atoms with van der Waals surface area (Å²) in [5.74, 6) is -2.44. The Hall–Kier alpha value is -3.10. The predicted molar refractivity (Wildman–Crippen MR) is 128 cm³/mol. The SMILES string of the molecule is COC(=O)[C@@]12C=C(OC)[C@@]3(Cl)[C@@](O)(C1=O)C(C1=CCCC[C@@H]1OC(=O)c1ccccc1O)=C[C@@]3(C)C2. The van der Waals surface area contributed by atoms with E-state index in [9.17, 15) is 24.6 Å². The van der Waals surface area contributed by atoms with E-state index in [1.807, 2.05) is 6.08 Å². The maximum Gasteiger partial charge on any atom is 0.342 e. The van der Waals surface area contributed by atoms with E-state index in [0.717, 1.165) is 0 Å². The molecule has 0 unspecified atom stereocenters. The number of benzene rings is 1. The molecule has 1 aromatic carbocycles. The Kier molecular flexibility index (Phi) is 5.43. The number of allylic oxidation sites excluding steroid dienone is 2. The number of ether oxygens (including phenoxy) is 3. The first kappa shape index (κ1) is 24.6. The van der Waals surface area contributed by atoms with Gasteiger partial charge in [-0.3, -0.25) is 9.59 Å². The topological polar surface area (TPSA) is 119 Å². The lowest BCUT2D eigenvalue weighted by atomic mass is 9.49. The molecule has 190 valence electrons. The molecule has 6 rings (SSSR count). The number of hydrogen-bond acceptors (Lipinski definition) is 8. The fourth-order valence-corrected chi connectivity index (χ4v) is 6.89. The molecule has 5 atom stereocenters. The number of aromatic hydroxyl groups is 1. The zero-order valence-electron chi connectivity index (χ0n) is 20.2. The van der Waals surface area contributed by atoms with Crippen LogP contribution in [0.4, 0.5) is 0 Å². The molecule has 1 fully saturated rings. The van der Waals surface area contributed by atoms with Crippen LogP contribution in [-0.2, 0) is 23.8 Å². The maximum atomic E-state index is 14.0. The summed E-state index contributed by atoms with van der Waals surface area (Å²) in [6, 6.07) is 6.04. The molecule has 1 saturated carbocycles. The van der Waals surface area contributed by atoms with E-state index in [1.165, 1.54) is 32.4 Å². The van der Waals surface area contributed by atoms with Crippen molar-refractivity contribution in [1.29, 1.82) is 0 Å². The van der Waals surface area contributed by atoms with Crippen LogP contribution in [-0.4, -0.2) is 58.7 Å². The number of hydrogen-bond donors (Lipinski definition) is 2. The molecule has 5 aliphatic carbocycles. The second-order valence-electron chi connectivity index (χ2n) is 10.0. The fraction of sp³-hybridized carbons (Fsp3) is 0.444. The second-order valence-corrected chi connectivity index (χ2v) is 10.6. The summed E-state index contributed by atoms with van der Waals surface area (Å²) in [5.41, 5.74) is -4.52. The monoisotopic (exact) mass is 514 g/mol. The Morgan fingerprint density at radius 1 is 1.17 bits per heavy atom. The Labute approximate surface area is 213 Å². The number of halogens is 1. The lowest BCUT2D eigenvalue weighted by Gasteiger charge is -2.58. The standard InChI is InChI=1S/C27H27ClO8/c1-24-12-17(15-8-5-7-11-19(15)36-21(30)16-9-4-6-10-18(16)29)26(33)22(31)25(14-24,23(32)35-3)13-20(34-2)27(24,26)28/h4,6,8-10,12-13,19,29,33H,5,7,11,14H2,1-3H3/t19-,24-,25+,26-,27-/m0/s1. The third-order valence-corrected chi connectivity index (χ3v) is 8.96. The molecule has 0 spiro atoms. The molecule has 5 aliphatic rings. The molecule has 0 aliphatic heterocycles. The third kappa shape index (κ3) is 2.82. The van der Waals surface area contributed by atoms with Gasteiger partial charge in [0.2, 0.25) is 0 Å². The van der Waals surface area contributed by atoms with Gasteiger partial charge < -0.3 is 24.4 Å². The van der Waals surface area contributed by atoms with E-state index < -0.39 is 45.1 Å². The van der Waals surface area contributed by atoms with Crippen LogP contribution in [0.25, 0.3) is 0 Å². The molecule has 0 saturated heterocycles. The number of phenols is 1. The quantitative estimate of drug-likeness (QED) is 0.349. The molecule has 9 heteroatoms. The average molecular weight is 515 g/mol. The van der Waals surface area contributed by atoms with Crippen molar-refractivity contribution < 1.29 is 38.8 Å². The normalized spacial score (nSPS) is 36.5. The minimum absolute atomic E-state index is 0.00503. The van der Waals surface area contributed by atoms with E-state index in [-0.39, 0.29) is 29.1 Å². The van der Waals surface area contributed by atoms with Gasteiger partial charge in [0.05, 0.1) is 14.2 Å². The zero-order valence-corrected chi connectivity index (χ0v) is 20.9. The van der Waals surface area contributed by atoms with Crippen LogP contribution in [0, 0.1) is 10.8 Å². The van der Waals surface area contributed by atoms with Gasteiger partial charge in [-0.05, 0) is 55.0 Å². The average Bonchev–Trinajstić information content (AvgIpc) is 3.01. The number of ketones is 1. The molecule has 0 aromatic heterocycles. The Balaban J connectivity index is 1.61. The number of rotatable bonds is 5. The summed E-state index contributed by atoms with van der Waals surface area (Å²) >= 11 is 7.16. The maximum absolute atomic E-state index is 14.0. The summed E-state index contributed by atoms with van der Waals surface area (Å²) in [7, 11) is 2.55. The van der Waals surface area contributed by atoms with Crippen LogP contribution >= 0.6 is 11.6 Å². The summed E-state index contributed by atoms with van der Waals surface area (Å²) in [5, 5.41) is 22.3. The molecule has 0 heterocycles. The van der Waals surface area contributed by atoms with Crippen molar-refractivity contribution in [2.75, 3.05) is 14.2 Å². The van der Waals surface area contributed by atoms with Gasteiger partial charge in [-0.25, -0.2) is 4.79 Å². The number of methoxy groups -OCH3 is 2. The first-order valence-corrected chi connectivity index (χ1v) is 12.1. The number of esters is 2. The summed E-state index contributed by atoms with van der Waals surface area (Å²) in [4.78, 5) is 38.2. The lowest BCUT2D eigenvalue weighted by Crippen LogP contribution is -2.74. The van der Waals surface area contributed by atoms with Gasteiger partial charge in [0, 0.05) is 5.41 Å². The number of alkyl halides is 1. The Bertz CT molecular complexity index is 1280. The highest BCUT2D eigenvalue weighted by Gasteiger charge is 2.83. The van der Waals surface area contributed by atoms with Gasteiger partial charge in [0.25, 0.3) is 0 Å². The zero-order chi connectivity index (χ0) is 26.1.